The van der Waals surface area contributed by atoms with Gasteiger partial charge in [0.1, 0.15) is 0 Å². The summed E-state index contributed by atoms with van der Waals surface area (Å²) in [5, 5.41) is -0.460. The van der Waals surface area contributed by atoms with Crippen LogP contribution in [-0.4, -0.2) is 31.9 Å². The fourth-order valence-corrected chi connectivity index (χ4v) is 5.40. The number of halogens is 4. The van der Waals surface area contributed by atoms with Crippen molar-refractivity contribution in [3.05, 3.63) is 28.8 Å². The van der Waals surface area contributed by atoms with Gasteiger partial charge >= 0.3 is 6.18 Å². The highest BCUT2D eigenvalue weighted by Gasteiger charge is 2.49. The zero-order chi connectivity index (χ0) is 16.3. The molecule has 0 aliphatic carbocycles. The minimum atomic E-state index is -4.64. The van der Waals surface area contributed by atoms with Gasteiger partial charge in [0.25, 0.3) is 0 Å². The average molecular weight is 354 g/mol. The van der Waals surface area contributed by atoms with Crippen molar-refractivity contribution in [3.63, 3.8) is 0 Å². The molecule has 1 aromatic carbocycles. The number of nitrogens with zero attached hydrogens (tertiary/aromatic N) is 1. The molecular weight excluding hydrogens is 343 g/mol. The highest BCUT2D eigenvalue weighted by Crippen LogP contribution is 2.41. The van der Waals surface area contributed by atoms with E-state index in [1.807, 2.05) is 0 Å². The first-order valence-electron chi connectivity index (χ1n) is 6.48. The Labute approximate surface area is 129 Å². The number of anilines is 1. The first-order chi connectivity index (χ1) is 10.1. The summed E-state index contributed by atoms with van der Waals surface area (Å²) in [7, 11) is -3.26. The molecule has 2 aliphatic rings. The standard InChI is InChI=1S/C13H11ClF3NO3S/c14-10-2-1-8(4-9(10)13(15,16)17)18-11-6-22(20,21)5-7(11)3-12(18)19/h1-2,4,7,11H,3,5-6H2/t7-,11+/m1/s1. The number of hydrogen-bond donors (Lipinski definition) is 0. The number of amides is 1. The van der Waals surface area contributed by atoms with Crippen LogP contribution in [0, 0.1) is 5.92 Å². The van der Waals surface area contributed by atoms with E-state index in [1.165, 1.54) is 11.0 Å². The van der Waals surface area contributed by atoms with Gasteiger partial charge < -0.3 is 4.90 Å². The van der Waals surface area contributed by atoms with E-state index >= 15 is 0 Å². The molecule has 0 bridgehead atoms. The number of rotatable bonds is 1. The summed E-state index contributed by atoms with van der Waals surface area (Å²) < 4.78 is 62.1. The molecule has 120 valence electrons. The fraction of sp³-hybridized carbons (Fsp3) is 0.462. The van der Waals surface area contributed by atoms with Crippen LogP contribution in [0.3, 0.4) is 0 Å². The molecule has 2 heterocycles. The zero-order valence-corrected chi connectivity index (χ0v) is 12.7. The van der Waals surface area contributed by atoms with Crippen molar-refractivity contribution >= 4 is 33.0 Å². The van der Waals surface area contributed by atoms with Crippen molar-refractivity contribution in [2.45, 2.75) is 18.6 Å². The quantitative estimate of drug-likeness (QED) is 0.779. The summed E-state index contributed by atoms with van der Waals surface area (Å²) >= 11 is 5.56. The van der Waals surface area contributed by atoms with Crippen LogP contribution < -0.4 is 4.90 Å². The van der Waals surface area contributed by atoms with Crippen molar-refractivity contribution in [2.75, 3.05) is 16.4 Å². The molecule has 0 radical (unpaired) electrons. The monoisotopic (exact) mass is 353 g/mol. The van der Waals surface area contributed by atoms with E-state index in [0.717, 1.165) is 12.1 Å². The van der Waals surface area contributed by atoms with Crippen LogP contribution in [0.25, 0.3) is 0 Å². The van der Waals surface area contributed by atoms with Gasteiger partial charge in [0, 0.05) is 18.0 Å². The lowest BCUT2D eigenvalue weighted by molar-refractivity contribution is -0.137. The van der Waals surface area contributed by atoms with Gasteiger partial charge in [-0.1, -0.05) is 11.6 Å². The molecule has 2 fully saturated rings. The minimum Gasteiger partial charge on any atom is -0.308 e. The summed E-state index contributed by atoms with van der Waals surface area (Å²) in [6.45, 7) is 0. The molecule has 4 nitrogen and oxygen atoms in total. The van der Waals surface area contributed by atoms with Crippen LogP contribution in [0.4, 0.5) is 18.9 Å². The number of hydrogen-bond acceptors (Lipinski definition) is 3. The summed E-state index contributed by atoms with van der Waals surface area (Å²) in [6, 6.07) is 2.58. The average Bonchev–Trinajstić information content (AvgIpc) is 2.79. The SMILES string of the molecule is O=C1C[C@@H]2CS(=O)(=O)C[C@@H]2N1c1ccc(Cl)c(C(F)(F)F)c1. The number of alkyl halides is 3. The maximum absolute atomic E-state index is 12.9. The highest BCUT2D eigenvalue weighted by molar-refractivity contribution is 7.91. The summed E-state index contributed by atoms with van der Waals surface area (Å²) in [4.78, 5) is 13.2. The van der Waals surface area contributed by atoms with E-state index in [0.29, 0.717) is 0 Å². The molecule has 0 aromatic heterocycles. The van der Waals surface area contributed by atoms with Gasteiger partial charge in [-0.2, -0.15) is 13.2 Å². The van der Waals surface area contributed by atoms with Crippen LogP contribution >= 0.6 is 11.6 Å². The molecule has 0 saturated carbocycles. The van der Waals surface area contributed by atoms with Crippen LogP contribution in [-0.2, 0) is 20.8 Å². The maximum atomic E-state index is 12.9. The van der Waals surface area contributed by atoms with Gasteiger partial charge in [-0.15, -0.1) is 0 Å². The van der Waals surface area contributed by atoms with E-state index in [4.69, 9.17) is 11.6 Å². The molecule has 2 atom stereocenters. The van der Waals surface area contributed by atoms with E-state index in [-0.39, 0.29) is 35.4 Å². The van der Waals surface area contributed by atoms with E-state index in [2.05, 4.69) is 0 Å². The zero-order valence-electron chi connectivity index (χ0n) is 11.1. The number of carbonyl (C=O) groups is 1. The molecule has 0 unspecified atom stereocenters. The van der Waals surface area contributed by atoms with E-state index in [1.54, 1.807) is 0 Å². The second-order valence-electron chi connectivity index (χ2n) is 5.53. The Balaban J connectivity index is 2.02. The lowest BCUT2D eigenvalue weighted by atomic mass is 10.0. The Morgan fingerprint density at radius 1 is 1.23 bits per heavy atom. The number of fused-ring (bicyclic) bond motifs is 1. The van der Waals surface area contributed by atoms with Crippen molar-refractivity contribution in [2.24, 2.45) is 5.92 Å². The number of sulfone groups is 1. The second-order valence-corrected chi connectivity index (χ2v) is 8.10. The molecule has 1 aromatic rings. The Morgan fingerprint density at radius 3 is 2.55 bits per heavy atom. The summed E-state index contributed by atoms with van der Waals surface area (Å²) in [5.74, 6) is -1.03. The summed E-state index contributed by atoms with van der Waals surface area (Å²) in [5.41, 5.74) is -1.00. The van der Waals surface area contributed by atoms with Gasteiger partial charge in [0.15, 0.2) is 9.84 Å². The molecule has 0 N–H and O–H groups in total. The van der Waals surface area contributed by atoms with Crippen LogP contribution in [0.15, 0.2) is 18.2 Å². The first kappa shape index (κ1) is 15.6. The van der Waals surface area contributed by atoms with Crippen LogP contribution in [0.1, 0.15) is 12.0 Å². The predicted octanol–water partition coefficient (Wildman–Crippen LogP) is 2.51. The maximum Gasteiger partial charge on any atom is 0.417 e. The lowest BCUT2D eigenvalue weighted by Crippen LogP contribution is -2.36. The predicted molar refractivity (Wildman–Crippen MR) is 74.5 cm³/mol. The minimum absolute atomic E-state index is 0.0336. The van der Waals surface area contributed by atoms with Gasteiger partial charge in [-0.25, -0.2) is 8.42 Å². The molecular formula is C13H11ClF3NO3S. The van der Waals surface area contributed by atoms with Crippen molar-refractivity contribution in [3.8, 4) is 0 Å². The Kier molecular flexibility index (Phi) is 3.45. The first-order valence-corrected chi connectivity index (χ1v) is 8.68. The van der Waals surface area contributed by atoms with E-state index in [9.17, 15) is 26.4 Å². The number of carbonyl (C=O) groups excluding carboxylic acids is 1. The Hall–Kier alpha value is -1.28. The van der Waals surface area contributed by atoms with Crippen molar-refractivity contribution in [1.82, 2.24) is 0 Å². The topological polar surface area (TPSA) is 54.5 Å². The third kappa shape index (κ3) is 2.58. The molecule has 1 amide bonds. The van der Waals surface area contributed by atoms with E-state index < -0.39 is 32.6 Å². The Bertz CT molecular complexity index is 747. The lowest BCUT2D eigenvalue weighted by Gasteiger charge is -2.24. The normalized spacial score (nSPS) is 27.3. The van der Waals surface area contributed by atoms with Gasteiger partial charge in [-0.3, -0.25) is 4.79 Å². The highest BCUT2D eigenvalue weighted by atomic mass is 35.5. The Morgan fingerprint density at radius 2 is 1.91 bits per heavy atom. The fourth-order valence-electron chi connectivity index (χ4n) is 3.11. The largest absolute Gasteiger partial charge is 0.417 e. The third-order valence-corrected chi connectivity index (χ3v) is 6.12. The van der Waals surface area contributed by atoms with Gasteiger partial charge in [0.05, 0.1) is 28.1 Å². The van der Waals surface area contributed by atoms with Crippen molar-refractivity contribution in [1.29, 1.82) is 0 Å². The van der Waals surface area contributed by atoms with Gasteiger partial charge in [0.2, 0.25) is 5.91 Å². The van der Waals surface area contributed by atoms with Crippen LogP contribution in [0.2, 0.25) is 5.02 Å². The van der Waals surface area contributed by atoms with Gasteiger partial charge in [-0.05, 0) is 18.2 Å². The second kappa shape index (κ2) is 4.86. The molecule has 22 heavy (non-hydrogen) atoms. The smallest absolute Gasteiger partial charge is 0.308 e. The van der Waals surface area contributed by atoms with Crippen molar-refractivity contribution < 1.29 is 26.4 Å². The third-order valence-electron chi connectivity index (χ3n) is 4.01. The molecule has 0 spiro atoms. The number of benzene rings is 1. The summed E-state index contributed by atoms with van der Waals surface area (Å²) in [6.07, 6.45) is -4.61. The molecule has 9 heteroatoms. The molecule has 3 rings (SSSR count). The molecule has 2 saturated heterocycles. The molecule has 2 aliphatic heterocycles. The van der Waals surface area contributed by atoms with Crippen LogP contribution in [0.5, 0.6) is 0 Å².